The van der Waals surface area contributed by atoms with Crippen molar-refractivity contribution in [2.75, 3.05) is 26.0 Å². The fourth-order valence-corrected chi connectivity index (χ4v) is 4.52. The molecule has 34 heavy (non-hydrogen) atoms. The predicted octanol–water partition coefficient (Wildman–Crippen LogP) is 6.58. The van der Waals surface area contributed by atoms with E-state index in [0.717, 1.165) is 54.5 Å². The molecule has 2 aromatic rings. The first-order valence-corrected chi connectivity index (χ1v) is 11.9. The second-order valence-electron chi connectivity index (χ2n) is 8.68. The highest BCUT2D eigenvalue weighted by molar-refractivity contribution is 5.96. The molecule has 178 valence electrons. The molecule has 0 saturated carbocycles. The molecule has 0 fully saturated rings. The van der Waals surface area contributed by atoms with Crippen molar-refractivity contribution in [3.63, 3.8) is 0 Å². The first kappa shape index (κ1) is 25.3. The minimum atomic E-state index is -0.0696. The van der Waals surface area contributed by atoms with Crippen LogP contribution in [-0.2, 0) is 4.74 Å². The van der Waals surface area contributed by atoms with Gasteiger partial charge in [0, 0.05) is 37.1 Å². The fraction of sp³-hybridized carbons (Fsp3) is 0.300. The molecule has 1 aliphatic rings. The average molecular weight is 457 g/mol. The van der Waals surface area contributed by atoms with Crippen molar-refractivity contribution >= 4 is 28.8 Å². The molecule has 0 saturated heterocycles. The van der Waals surface area contributed by atoms with Crippen molar-refractivity contribution in [3.05, 3.63) is 95.1 Å². The second-order valence-corrected chi connectivity index (χ2v) is 8.68. The van der Waals surface area contributed by atoms with E-state index in [0.29, 0.717) is 18.7 Å². The number of allylic oxidation sites excluding steroid dienone is 5. The Kier molecular flexibility index (Phi) is 9.06. The maximum atomic E-state index is 12.4. The number of methoxy groups -OCH3 is 1. The van der Waals surface area contributed by atoms with Gasteiger partial charge in [0.2, 0.25) is 0 Å². The molecule has 1 aliphatic carbocycles. The number of rotatable bonds is 10. The van der Waals surface area contributed by atoms with E-state index >= 15 is 0 Å². The van der Waals surface area contributed by atoms with Crippen molar-refractivity contribution in [1.29, 1.82) is 0 Å². The first-order valence-electron chi connectivity index (χ1n) is 11.9. The number of nitrogen functional groups attached to an aromatic ring is 1. The quantitative estimate of drug-likeness (QED) is 0.241. The number of ether oxygens (including phenoxy) is 1. The summed E-state index contributed by atoms with van der Waals surface area (Å²) in [7, 11) is 1.66. The Morgan fingerprint density at radius 1 is 1.12 bits per heavy atom. The molecule has 0 heterocycles. The third-order valence-electron chi connectivity index (χ3n) is 6.33. The van der Waals surface area contributed by atoms with Gasteiger partial charge >= 0.3 is 0 Å². The Morgan fingerprint density at radius 3 is 2.53 bits per heavy atom. The van der Waals surface area contributed by atoms with Crippen LogP contribution in [0.5, 0.6) is 0 Å². The van der Waals surface area contributed by atoms with E-state index in [1.54, 1.807) is 13.2 Å². The number of carbonyl (C=O) groups is 1. The monoisotopic (exact) mass is 456 g/mol. The summed E-state index contributed by atoms with van der Waals surface area (Å²) in [6.45, 7) is 11.7. The molecule has 3 rings (SSSR count). The summed E-state index contributed by atoms with van der Waals surface area (Å²) >= 11 is 0. The van der Waals surface area contributed by atoms with E-state index in [4.69, 9.17) is 10.5 Å². The molecular weight excluding hydrogens is 420 g/mol. The van der Waals surface area contributed by atoms with Gasteiger partial charge in [0.05, 0.1) is 0 Å². The van der Waals surface area contributed by atoms with E-state index < -0.39 is 0 Å². The third-order valence-corrected chi connectivity index (χ3v) is 6.33. The van der Waals surface area contributed by atoms with Gasteiger partial charge in [-0.05, 0) is 90.6 Å². The lowest BCUT2D eigenvalue weighted by Crippen LogP contribution is -2.25. The summed E-state index contributed by atoms with van der Waals surface area (Å²) in [6, 6.07) is 11.8. The van der Waals surface area contributed by atoms with Crippen LogP contribution < -0.4 is 11.1 Å². The summed E-state index contributed by atoms with van der Waals surface area (Å²) in [5.41, 5.74) is 15.9. The van der Waals surface area contributed by atoms with Gasteiger partial charge in [-0.15, -0.1) is 0 Å². The van der Waals surface area contributed by atoms with Crippen molar-refractivity contribution in [2.24, 2.45) is 0 Å². The van der Waals surface area contributed by atoms with Crippen molar-refractivity contribution in [1.82, 2.24) is 5.32 Å². The molecule has 1 amide bonds. The summed E-state index contributed by atoms with van der Waals surface area (Å²) in [5, 5.41) is 2.93. The zero-order valence-electron chi connectivity index (χ0n) is 20.5. The molecule has 0 atom stereocenters. The molecule has 0 aromatic heterocycles. The Labute approximate surface area is 203 Å². The molecule has 0 aliphatic heterocycles. The maximum Gasteiger partial charge on any atom is 0.251 e. The number of nitrogens with one attached hydrogen (secondary N) is 1. The van der Waals surface area contributed by atoms with E-state index in [1.807, 2.05) is 42.5 Å². The van der Waals surface area contributed by atoms with Crippen LogP contribution in [0.25, 0.3) is 17.2 Å². The standard InChI is InChI=1S/C30H36N2O2/c1-5-6-10-27-28(31)18-13-21(2)29(27)26-12-8-7-11-25(26)22(3)23-14-16-24(17-15-23)30(33)32-19-9-20-34-4/h5-6,10,13-18H,1,3,7-9,11-12,19-20,31H2,2,4H3,(H,32,33). The van der Waals surface area contributed by atoms with Gasteiger partial charge in [-0.2, -0.15) is 0 Å². The highest BCUT2D eigenvalue weighted by Crippen LogP contribution is 2.42. The third kappa shape index (κ3) is 5.95. The highest BCUT2D eigenvalue weighted by atomic mass is 16.5. The van der Waals surface area contributed by atoms with E-state index in [2.05, 4.69) is 31.5 Å². The van der Waals surface area contributed by atoms with Crippen molar-refractivity contribution in [2.45, 2.75) is 39.0 Å². The Morgan fingerprint density at radius 2 is 1.82 bits per heavy atom. The van der Waals surface area contributed by atoms with Crippen LogP contribution in [0.4, 0.5) is 5.69 Å². The zero-order valence-corrected chi connectivity index (χ0v) is 20.5. The van der Waals surface area contributed by atoms with E-state index in [-0.39, 0.29) is 5.91 Å². The van der Waals surface area contributed by atoms with Gasteiger partial charge in [-0.3, -0.25) is 4.79 Å². The topological polar surface area (TPSA) is 64.4 Å². The average Bonchev–Trinajstić information content (AvgIpc) is 2.86. The van der Waals surface area contributed by atoms with Gasteiger partial charge < -0.3 is 15.8 Å². The molecule has 0 unspecified atom stereocenters. The van der Waals surface area contributed by atoms with Crippen LogP contribution in [-0.4, -0.2) is 26.2 Å². The number of nitrogens with two attached hydrogens (primary N) is 1. The van der Waals surface area contributed by atoms with Crippen molar-refractivity contribution in [3.8, 4) is 0 Å². The van der Waals surface area contributed by atoms with Crippen LogP contribution in [0.15, 0.2) is 67.3 Å². The van der Waals surface area contributed by atoms with Gasteiger partial charge in [0.1, 0.15) is 0 Å². The Hall–Kier alpha value is -3.37. The maximum absolute atomic E-state index is 12.4. The zero-order chi connectivity index (χ0) is 24.5. The van der Waals surface area contributed by atoms with Crippen LogP contribution in [0.1, 0.15) is 64.7 Å². The van der Waals surface area contributed by atoms with Crippen LogP contribution >= 0.6 is 0 Å². The Bertz CT molecular complexity index is 1110. The molecule has 0 bridgehead atoms. The molecule has 0 spiro atoms. The molecule has 0 radical (unpaired) electrons. The number of aryl methyl sites for hydroxylation is 1. The van der Waals surface area contributed by atoms with Gasteiger partial charge in [0.15, 0.2) is 0 Å². The minimum absolute atomic E-state index is 0.0696. The summed E-state index contributed by atoms with van der Waals surface area (Å²) in [6.07, 6.45) is 10.8. The fourth-order valence-electron chi connectivity index (χ4n) is 4.52. The highest BCUT2D eigenvalue weighted by Gasteiger charge is 2.21. The van der Waals surface area contributed by atoms with Gasteiger partial charge in [-0.25, -0.2) is 0 Å². The number of amides is 1. The van der Waals surface area contributed by atoms with Crippen molar-refractivity contribution < 1.29 is 9.53 Å². The smallest absolute Gasteiger partial charge is 0.251 e. The summed E-state index contributed by atoms with van der Waals surface area (Å²) in [5.74, 6) is -0.0696. The summed E-state index contributed by atoms with van der Waals surface area (Å²) in [4.78, 5) is 12.4. The number of benzene rings is 2. The van der Waals surface area contributed by atoms with Crippen LogP contribution in [0.2, 0.25) is 0 Å². The largest absolute Gasteiger partial charge is 0.398 e. The lowest BCUT2D eigenvalue weighted by Gasteiger charge is -2.26. The second kappa shape index (κ2) is 12.2. The molecule has 3 N–H and O–H groups in total. The minimum Gasteiger partial charge on any atom is -0.398 e. The molecular formula is C30H36N2O2. The number of carbonyl (C=O) groups excluding carboxylic acids is 1. The van der Waals surface area contributed by atoms with Crippen LogP contribution in [0, 0.1) is 6.92 Å². The number of hydrogen-bond acceptors (Lipinski definition) is 3. The molecule has 4 nitrogen and oxygen atoms in total. The van der Waals surface area contributed by atoms with E-state index in [9.17, 15) is 4.79 Å². The molecule has 2 aromatic carbocycles. The van der Waals surface area contributed by atoms with E-state index in [1.165, 1.54) is 22.3 Å². The van der Waals surface area contributed by atoms with Gasteiger partial charge in [0.25, 0.3) is 5.91 Å². The number of anilines is 1. The molecule has 4 heteroatoms. The lowest BCUT2D eigenvalue weighted by molar-refractivity contribution is 0.0948. The Balaban J connectivity index is 1.93. The van der Waals surface area contributed by atoms with Gasteiger partial charge in [-0.1, -0.05) is 49.6 Å². The normalized spacial score (nSPS) is 13.8. The first-order chi connectivity index (χ1) is 16.5. The predicted molar refractivity (Wildman–Crippen MR) is 145 cm³/mol. The summed E-state index contributed by atoms with van der Waals surface area (Å²) < 4.78 is 5.03. The number of hydrogen-bond donors (Lipinski definition) is 2. The SMILES string of the molecule is C=CC=Cc1c(N)ccc(C)c1C1=C(C(=C)c2ccc(C(=O)NCCCOC)cc2)CCCC1. The lowest BCUT2D eigenvalue weighted by atomic mass is 9.79. The van der Waals surface area contributed by atoms with Crippen LogP contribution in [0.3, 0.4) is 0 Å².